The summed E-state index contributed by atoms with van der Waals surface area (Å²) in [5.41, 5.74) is 5.26. The fourth-order valence-electron chi connectivity index (χ4n) is 5.47. The molecule has 0 aromatic carbocycles. The van der Waals surface area contributed by atoms with Crippen LogP contribution in [0.15, 0.2) is 41.6 Å². The van der Waals surface area contributed by atoms with Gasteiger partial charge in [-0.25, -0.2) is 24.5 Å². The Kier molecular flexibility index (Phi) is 9.01. The van der Waals surface area contributed by atoms with Crippen LogP contribution in [0.25, 0.3) is 11.2 Å². The van der Waals surface area contributed by atoms with Crippen LogP contribution in [0.4, 0.5) is 10.6 Å². The van der Waals surface area contributed by atoms with Gasteiger partial charge in [-0.3, -0.25) is 27.4 Å². The van der Waals surface area contributed by atoms with E-state index in [1.807, 2.05) is 0 Å². The van der Waals surface area contributed by atoms with Gasteiger partial charge < -0.3 is 30.5 Å². The Bertz CT molecular complexity index is 1970. The molecule has 20 nitrogen and oxygen atoms in total. The highest BCUT2D eigenvalue weighted by molar-refractivity contribution is 7.86. The predicted octanol–water partition coefficient (Wildman–Crippen LogP) is -1.88. The van der Waals surface area contributed by atoms with Crippen molar-refractivity contribution in [2.24, 2.45) is 5.92 Å². The number of hydrogen-bond donors (Lipinski definition) is 5. The molecule has 6 rings (SSSR count). The van der Waals surface area contributed by atoms with Gasteiger partial charge in [-0.15, -0.1) is 11.3 Å². The van der Waals surface area contributed by atoms with Gasteiger partial charge in [0.1, 0.15) is 41.3 Å². The lowest BCUT2D eigenvalue weighted by atomic mass is 9.90. The molecule has 3 aromatic heterocycles. The number of thiophene rings is 1. The number of amides is 2. The van der Waals surface area contributed by atoms with Crippen molar-refractivity contribution < 1.29 is 60.8 Å². The van der Waals surface area contributed by atoms with Crippen LogP contribution in [0.2, 0.25) is 0 Å². The first-order chi connectivity index (χ1) is 22.8. The highest BCUT2D eigenvalue weighted by Crippen LogP contribution is 2.41. The van der Waals surface area contributed by atoms with E-state index in [-0.39, 0.29) is 35.6 Å². The second-order valence-electron chi connectivity index (χ2n) is 10.7. The lowest BCUT2D eigenvalue weighted by Gasteiger charge is -2.48. The summed E-state index contributed by atoms with van der Waals surface area (Å²) < 4.78 is 55.8. The molecule has 3 aliphatic rings. The number of aromatic nitrogens is 4. The highest BCUT2D eigenvalue weighted by Gasteiger charge is 2.57. The zero-order chi connectivity index (χ0) is 34.5. The molecule has 0 radical (unpaired) electrons. The minimum atomic E-state index is -5.00. The average Bonchev–Trinajstić information content (AvgIpc) is 3.75. The molecule has 1 unspecified atom stereocenters. The number of imidazole rings is 1. The van der Waals surface area contributed by atoms with Crippen molar-refractivity contribution in [2.45, 2.75) is 42.8 Å². The van der Waals surface area contributed by atoms with Crippen LogP contribution < -0.4 is 10.5 Å². The molecule has 3 aromatic rings. The number of nitrogens with zero attached hydrogens (tertiary/aromatic N) is 5. The maximum Gasteiger partial charge on any atom is 0.427 e. The standard InChI is InChI=1S/C25H25N7O13S3/c26-19-15-20(28-8-27-19)31(9-29-15)22-18(35)17(34)13(44-22)6-43-48(41,42)30-25(39)45-14-7-47(40)23-12(21(36)32(23)16(14)24(37)38)5-10(33)4-11-2-1-3-46-11/h1-3,8-9,12-13,17-18,22-23,34-35H,4-7H2,(H,30,39)(H,37,38)(H2,26,27,28)/t12-,13-,17-,18-,22-,23-,47?/m1/s1. The second-order valence-corrected chi connectivity index (χ2v) is 14.6. The summed E-state index contributed by atoms with van der Waals surface area (Å²) >= 11 is 1.35. The Balaban J connectivity index is 1.07. The zero-order valence-corrected chi connectivity index (χ0v) is 26.6. The first-order valence-electron chi connectivity index (χ1n) is 13.8. The molecule has 0 saturated carbocycles. The van der Waals surface area contributed by atoms with E-state index in [4.69, 9.17) is 19.4 Å². The van der Waals surface area contributed by atoms with Crippen LogP contribution in [-0.2, 0) is 55.6 Å². The lowest BCUT2D eigenvalue weighted by molar-refractivity contribution is -0.154. The number of aliphatic hydroxyl groups is 2. The van der Waals surface area contributed by atoms with Gasteiger partial charge in [-0.1, -0.05) is 6.07 Å². The number of carbonyl (C=O) groups is 4. The molecule has 6 heterocycles. The molecule has 256 valence electrons. The molecule has 2 fully saturated rings. The fraction of sp³-hybridized carbons (Fsp3) is 0.400. The molecular formula is C25H25N7O13S3. The molecule has 7 atom stereocenters. The number of anilines is 1. The van der Waals surface area contributed by atoms with E-state index in [2.05, 4.69) is 15.0 Å². The average molecular weight is 728 g/mol. The number of ketones is 1. The zero-order valence-electron chi connectivity index (χ0n) is 24.1. The fourth-order valence-corrected chi connectivity index (χ4v) is 8.47. The second kappa shape index (κ2) is 12.9. The van der Waals surface area contributed by atoms with E-state index >= 15 is 0 Å². The maximum absolute atomic E-state index is 13.0. The number of nitrogen functional groups attached to an aromatic ring is 1. The number of β-lactam (4-membered cyclic amide) rings is 1. The van der Waals surface area contributed by atoms with Crippen LogP contribution in [0, 0.1) is 5.92 Å². The van der Waals surface area contributed by atoms with Gasteiger partial charge in [0.15, 0.2) is 29.1 Å². The Morgan fingerprint density at radius 3 is 2.69 bits per heavy atom. The monoisotopic (exact) mass is 727 g/mol. The molecule has 6 N–H and O–H groups in total. The van der Waals surface area contributed by atoms with Gasteiger partial charge >= 0.3 is 22.4 Å². The van der Waals surface area contributed by atoms with Crippen LogP contribution in [0.1, 0.15) is 17.5 Å². The normalized spacial score (nSPS) is 27.1. The number of rotatable bonds is 11. The number of Topliss-reactive ketones (excluding diaryl/α,β-unsaturated/α-hetero) is 1. The predicted molar refractivity (Wildman–Crippen MR) is 160 cm³/mol. The van der Waals surface area contributed by atoms with Crippen molar-refractivity contribution in [1.82, 2.24) is 29.1 Å². The summed E-state index contributed by atoms with van der Waals surface area (Å²) in [7, 11) is -7.03. The summed E-state index contributed by atoms with van der Waals surface area (Å²) in [6, 6.07) is 3.50. The molecular weight excluding hydrogens is 703 g/mol. The molecule has 48 heavy (non-hydrogen) atoms. The van der Waals surface area contributed by atoms with Crippen LogP contribution in [0.3, 0.4) is 0 Å². The van der Waals surface area contributed by atoms with Crippen LogP contribution in [0.5, 0.6) is 0 Å². The van der Waals surface area contributed by atoms with E-state index in [1.54, 1.807) is 17.5 Å². The summed E-state index contributed by atoms with van der Waals surface area (Å²) in [5, 5.41) is 31.4. The number of carbonyl (C=O) groups excluding carboxylic acids is 3. The van der Waals surface area contributed by atoms with Crippen molar-refractivity contribution in [3.05, 3.63) is 46.5 Å². The third-order valence-electron chi connectivity index (χ3n) is 7.61. The number of carboxylic acid groups (broad SMARTS) is 1. The highest BCUT2D eigenvalue weighted by atomic mass is 32.2. The van der Waals surface area contributed by atoms with Gasteiger partial charge in [-0.05, 0) is 11.4 Å². The van der Waals surface area contributed by atoms with Crippen molar-refractivity contribution >= 4 is 73.2 Å². The van der Waals surface area contributed by atoms with E-state index in [1.165, 1.54) is 27.0 Å². The Labute approximate surface area is 275 Å². The SMILES string of the molecule is Nc1ncnc2c1ncn2[C@@H]1O[C@H](COS(=O)(=O)NC(=O)OC2=C(C(=O)O)N3C(=O)[C@@H](CC(=O)Cc4cccs4)[C@H]3S(=O)C2)[C@@H](O)[C@H]1O. The third kappa shape index (κ3) is 6.27. The molecule has 0 bridgehead atoms. The van der Waals surface area contributed by atoms with Crippen molar-refractivity contribution in [3.63, 3.8) is 0 Å². The Morgan fingerprint density at radius 1 is 1.21 bits per heavy atom. The number of aliphatic hydroxyl groups excluding tert-OH is 2. The van der Waals surface area contributed by atoms with Gasteiger partial charge in [0.2, 0.25) is 5.91 Å². The summed E-state index contributed by atoms with van der Waals surface area (Å²) in [4.78, 5) is 63.3. The van der Waals surface area contributed by atoms with E-state index in [0.717, 1.165) is 11.2 Å². The molecule has 0 aliphatic carbocycles. The first-order valence-corrected chi connectivity index (χ1v) is 17.5. The number of carboxylic acids is 1. The summed E-state index contributed by atoms with van der Waals surface area (Å²) in [6.07, 6.45) is -5.66. The van der Waals surface area contributed by atoms with E-state index < -0.39 is 98.7 Å². The van der Waals surface area contributed by atoms with Gasteiger partial charge in [-0.2, -0.15) is 13.1 Å². The smallest absolute Gasteiger partial charge is 0.427 e. The maximum atomic E-state index is 13.0. The third-order valence-corrected chi connectivity index (χ3v) is 11.0. The minimum Gasteiger partial charge on any atom is -0.476 e. The quantitative estimate of drug-likeness (QED) is 0.135. The summed E-state index contributed by atoms with van der Waals surface area (Å²) in [5.74, 6) is -5.32. The van der Waals surface area contributed by atoms with Crippen LogP contribution >= 0.6 is 11.3 Å². The number of aliphatic carboxylic acids is 1. The number of ether oxygens (including phenoxy) is 2. The number of hydrogen-bond acceptors (Lipinski definition) is 17. The van der Waals surface area contributed by atoms with Crippen molar-refractivity contribution in [2.75, 3.05) is 18.1 Å². The molecule has 0 spiro atoms. The topological polar surface area (TPSA) is 293 Å². The Morgan fingerprint density at radius 2 is 1.98 bits per heavy atom. The molecule has 3 aliphatic heterocycles. The largest absolute Gasteiger partial charge is 0.476 e. The van der Waals surface area contributed by atoms with Gasteiger partial charge in [0.25, 0.3) is 0 Å². The van der Waals surface area contributed by atoms with E-state index in [0.29, 0.717) is 4.90 Å². The number of nitrogens with two attached hydrogens (primary N) is 1. The Hall–Kier alpha value is -4.39. The number of nitrogens with one attached hydrogen (secondary N) is 1. The first kappa shape index (κ1) is 33.5. The minimum absolute atomic E-state index is 0.0406. The van der Waals surface area contributed by atoms with Gasteiger partial charge in [0.05, 0.1) is 35.4 Å². The molecule has 23 heteroatoms. The summed E-state index contributed by atoms with van der Waals surface area (Å²) in [6.45, 7) is -0.912. The van der Waals surface area contributed by atoms with Gasteiger partial charge in [0, 0.05) is 17.7 Å². The van der Waals surface area contributed by atoms with E-state index in [9.17, 15) is 47.1 Å². The lowest BCUT2D eigenvalue weighted by Crippen LogP contribution is -2.65. The molecule has 2 amide bonds. The number of fused-ring (bicyclic) bond motifs is 2. The molecule has 2 saturated heterocycles. The van der Waals surface area contributed by atoms with Crippen LogP contribution in [-0.4, -0.2) is 112 Å². The van der Waals surface area contributed by atoms with Crippen molar-refractivity contribution in [1.29, 1.82) is 0 Å². The van der Waals surface area contributed by atoms with Crippen molar-refractivity contribution in [3.8, 4) is 0 Å².